The number of imide groups is 1. The molecule has 1 aliphatic heterocycles. The first-order valence-corrected chi connectivity index (χ1v) is 6.97. The van der Waals surface area contributed by atoms with Crippen molar-refractivity contribution in [2.24, 2.45) is 5.92 Å². The third kappa shape index (κ3) is 3.81. The fourth-order valence-corrected chi connectivity index (χ4v) is 2.38. The highest BCUT2D eigenvalue weighted by atomic mass is 16.2. The van der Waals surface area contributed by atoms with E-state index in [0.29, 0.717) is 24.7 Å². The van der Waals surface area contributed by atoms with E-state index >= 15 is 0 Å². The number of rotatable bonds is 1. The number of carbonyl (C=O) groups is 3. The molecule has 3 N–H and O–H groups in total. The number of nitrogens with zero attached hydrogens (tertiary/aromatic N) is 1. The first-order valence-electron chi connectivity index (χ1n) is 6.97. The van der Waals surface area contributed by atoms with Gasteiger partial charge in [-0.25, -0.2) is 0 Å². The molecule has 0 saturated carbocycles. The fraction of sp³-hybridized carbons (Fsp3) is 0.400. The van der Waals surface area contributed by atoms with Crippen molar-refractivity contribution in [1.82, 2.24) is 10.2 Å². The Morgan fingerprint density at radius 3 is 2.52 bits per heavy atom. The van der Waals surface area contributed by atoms with Crippen LogP contribution in [0.5, 0.6) is 0 Å². The number of hydrogen-bond acceptors (Lipinski definition) is 4. The van der Waals surface area contributed by atoms with Gasteiger partial charge in [0, 0.05) is 24.3 Å². The predicted molar refractivity (Wildman–Crippen MR) is 78.3 cm³/mol. The Balaban J connectivity index is 1.95. The largest absolute Gasteiger partial charge is 0.399 e. The van der Waals surface area contributed by atoms with Gasteiger partial charge in [-0.3, -0.25) is 19.7 Å². The van der Waals surface area contributed by atoms with Crippen molar-refractivity contribution in [3.63, 3.8) is 0 Å². The van der Waals surface area contributed by atoms with E-state index in [-0.39, 0.29) is 5.56 Å². The predicted octanol–water partition coefficient (Wildman–Crippen LogP) is 0.784. The molecule has 1 fully saturated rings. The lowest BCUT2D eigenvalue weighted by Crippen LogP contribution is -2.48. The van der Waals surface area contributed by atoms with E-state index < -0.39 is 17.7 Å². The van der Waals surface area contributed by atoms with Gasteiger partial charge in [0.2, 0.25) is 0 Å². The molecule has 0 radical (unpaired) electrons. The van der Waals surface area contributed by atoms with Crippen molar-refractivity contribution < 1.29 is 14.4 Å². The van der Waals surface area contributed by atoms with Gasteiger partial charge in [-0.05, 0) is 43.0 Å². The number of piperidine rings is 1. The molecule has 6 heteroatoms. The van der Waals surface area contributed by atoms with Crippen LogP contribution in [0.25, 0.3) is 0 Å². The maximum Gasteiger partial charge on any atom is 0.316 e. The second kappa shape index (κ2) is 6.39. The number of nitrogen functional groups attached to an aromatic ring is 1. The van der Waals surface area contributed by atoms with Crippen molar-refractivity contribution in [3.8, 4) is 0 Å². The van der Waals surface area contributed by atoms with E-state index in [1.165, 1.54) is 17.0 Å². The SMILES string of the molecule is CC1CCCN(C(=O)C(=O)NC(=O)c2ccc(N)cc2)C1. The highest BCUT2D eigenvalue weighted by Gasteiger charge is 2.27. The summed E-state index contributed by atoms with van der Waals surface area (Å²) in [5.41, 5.74) is 6.34. The number of likely N-dealkylation sites (tertiary alicyclic amines) is 1. The topological polar surface area (TPSA) is 92.5 Å². The zero-order chi connectivity index (χ0) is 15.4. The van der Waals surface area contributed by atoms with Crippen LogP contribution in [0.3, 0.4) is 0 Å². The van der Waals surface area contributed by atoms with Gasteiger partial charge in [-0.2, -0.15) is 0 Å². The van der Waals surface area contributed by atoms with Gasteiger partial charge in [-0.1, -0.05) is 6.92 Å². The number of carbonyl (C=O) groups excluding carboxylic acids is 3. The summed E-state index contributed by atoms with van der Waals surface area (Å²) in [6, 6.07) is 6.14. The number of nitrogens with two attached hydrogens (primary N) is 1. The average Bonchev–Trinajstić information content (AvgIpc) is 2.47. The first kappa shape index (κ1) is 15.0. The molecule has 3 amide bonds. The molecule has 21 heavy (non-hydrogen) atoms. The van der Waals surface area contributed by atoms with Gasteiger partial charge in [-0.15, -0.1) is 0 Å². The molecule has 6 nitrogen and oxygen atoms in total. The minimum Gasteiger partial charge on any atom is -0.399 e. The normalized spacial score (nSPS) is 18.1. The number of benzene rings is 1. The maximum absolute atomic E-state index is 12.0. The Morgan fingerprint density at radius 2 is 1.90 bits per heavy atom. The van der Waals surface area contributed by atoms with Crippen LogP contribution in [0.15, 0.2) is 24.3 Å². The monoisotopic (exact) mass is 289 g/mol. The summed E-state index contributed by atoms with van der Waals surface area (Å²) in [4.78, 5) is 37.2. The zero-order valence-electron chi connectivity index (χ0n) is 12.0. The van der Waals surface area contributed by atoms with Crippen molar-refractivity contribution in [1.29, 1.82) is 0 Å². The summed E-state index contributed by atoms with van der Waals surface area (Å²) < 4.78 is 0. The molecule has 2 rings (SSSR count). The molecular formula is C15H19N3O3. The van der Waals surface area contributed by atoms with Crippen LogP contribution in [0.4, 0.5) is 5.69 Å². The Morgan fingerprint density at radius 1 is 1.24 bits per heavy atom. The maximum atomic E-state index is 12.0. The van der Waals surface area contributed by atoms with Crippen LogP contribution in [-0.4, -0.2) is 35.7 Å². The molecule has 112 valence electrons. The van der Waals surface area contributed by atoms with Gasteiger partial charge < -0.3 is 10.6 Å². The zero-order valence-corrected chi connectivity index (χ0v) is 12.0. The van der Waals surface area contributed by atoms with E-state index in [1.807, 2.05) is 6.92 Å². The Hall–Kier alpha value is -2.37. The van der Waals surface area contributed by atoms with E-state index in [2.05, 4.69) is 5.32 Å². The van der Waals surface area contributed by atoms with Gasteiger partial charge in [0.25, 0.3) is 5.91 Å². The molecule has 1 saturated heterocycles. The first-order chi connectivity index (χ1) is 9.97. The van der Waals surface area contributed by atoms with Crippen LogP contribution < -0.4 is 11.1 Å². The number of amides is 3. The Bertz CT molecular complexity index is 554. The summed E-state index contributed by atoms with van der Waals surface area (Å²) in [6.07, 6.45) is 1.93. The molecule has 0 spiro atoms. The van der Waals surface area contributed by atoms with E-state index in [0.717, 1.165) is 12.8 Å². The van der Waals surface area contributed by atoms with Gasteiger partial charge in [0.05, 0.1) is 0 Å². The minimum atomic E-state index is -0.883. The lowest BCUT2D eigenvalue weighted by Gasteiger charge is -2.30. The summed E-state index contributed by atoms with van der Waals surface area (Å²) in [6.45, 7) is 3.16. The molecule has 1 aliphatic rings. The second-order valence-corrected chi connectivity index (χ2v) is 5.40. The van der Waals surface area contributed by atoms with Gasteiger partial charge in [0.15, 0.2) is 0 Å². The standard InChI is InChI=1S/C15H19N3O3/c1-10-3-2-8-18(9-10)15(21)14(20)17-13(19)11-4-6-12(16)7-5-11/h4-7,10H,2-3,8-9,16H2,1H3,(H,17,19,20). The fourth-order valence-electron chi connectivity index (χ4n) is 2.38. The minimum absolute atomic E-state index is 0.289. The summed E-state index contributed by atoms with van der Waals surface area (Å²) >= 11 is 0. The van der Waals surface area contributed by atoms with Crippen LogP contribution >= 0.6 is 0 Å². The molecule has 0 aromatic heterocycles. The average molecular weight is 289 g/mol. The smallest absolute Gasteiger partial charge is 0.316 e. The molecule has 1 atom stereocenters. The van der Waals surface area contributed by atoms with Crippen molar-refractivity contribution in [2.45, 2.75) is 19.8 Å². The number of hydrogen-bond donors (Lipinski definition) is 2. The quantitative estimate of drug-likeness (QED) is 0.590. The molecule has 1 aromatic carbocycles. The lowest BCUT2D eigenvalue weighted by molar-refractivity contribution is -0.146. The molecular weight excluding hydrogens is 270 g/mol. The van der Waals surface area contributed by atoms with Gasteiger partial charge in [0.1, 0.15) is 0 Å². The van der Waals surface area contributed by atoms with Crippen molar-refractivity contribution in [2.75, 3.05) is 18.8 Å². The van der Waals surface area contributed by atoms with E-state index in [1.54, 1.807) is 12.1 Å². The molecule has 1 aromatic rings. The third-order valence-corrected chi connectivity index (χ3v) is 3.54. The Kier molecular flexibility index (Phi) is 4.57. The Labute approximate surface area is 123 Å². The number of nitrogens with one attached hydrogen (secondary N) is 1. The molecule has 0 bridgehead atoms. The molecule has 1 unspecified atom stereocenters. The van der Waals surface area contributed by atoms with E-state index in [4.69, 9.17) is 5.73 Å². The van der Waals surface area contributed by atoms with Crippen LogP contribution in [0.1, 0.15) is 30.1 Å². The second-order valence-electron chi connectivity index (χ2n) is 5.40. The summed E-state index contributed by atoms with van der Waals surface area (Å²) in [5, 5.41) is 2.12. The highest BCUT2D eigenvalue weighted by molar-refractivity contribution is 6.38. The van der Waals surface area contributed by atoms with Gasteiger partial charge >= 0.3 is 11.8 Å². The van der Waals surface area contributed by atoms with Crippen molar-refractivity contribution >= 4 is 23.4 Å². The third-order valence-electron chi connectivity index (χ3n) is 3.54. The summed E-state index contributed by atoms with van der Waals surface area (Å²) in [7, 11) is 0. The highest BCUT2D eigenvalue weighted by Crippen LogP contribution is 2.15. The van der Waals surface area contributed by atoms with Crippen LogP contribution in [0, 0.1) is 5.92 Å². The lowest BCUT2D eigenvalue weighted by atomic mass is 10.0. The summed E-state index contributed by atoms with van der Waals surface area (Å²) in [5.74, 6) is -1.75. The van der Waals surface area contributed by atoms with Crippen molar-refractivity contribution in [3.05, 3.63) is 29.8 Å². The number of anilines is 1. The van der Waals surface area contributed by atoms with Crippen LogP contribution in [0.2, 0.25) is 0 Å². The van der Waals surface area contributed by atoms with Crippen LogP contribution in [-0.2, 0) is 9.59 Å². The van der Waals surface area contributed by atoms with E-state index in [9.17, 15) is 14.4 Å². The molecule has 0 aliphatic carbocycles. The molecule has 1 heterocycles.